The highest BCUT2D eigenvalue weighted by Crippen LogP contribution is 2.31. The summed E-state index contributed by atoms with van der Waals surface area (Å²) in [4.78, 5) is 21.9. The predicted molar refractivity (Wildman–Crippen MR) is 54.3 cm³/mol. The Morgan fingerprint density at radius 2 is 2.38 bits per heavy atom. The molecule has 0 aromatic carbocycles. The van der Waals surface area contributed by atoms with E-state index in [1.165, 1.54) is 4.41 Å². The van der Waals surface area contributed by atoms with Crippen LogP contribution in [0.15, 0.2) is 16.1 Å². The second-order valence-electron chi connectivity index (χ2n) is 2.71. The van der Waals surface area contributed by atoms with Crippen molar-refractivity contribution < 1.29 is 19.2 Å². The highest BCUT2D eigenvalue weighted by atomic mass is 32.2. The third kappa shape index (κ3) is 1.56. The zero-order chi connectivity index (χ0) is 11.7. The zero-order valence-electron chi connectivity index (χ0n) is 7.71. The van der Waals surface area contributed by atoms with Gasteiger partial charge >= 0.3 is 5.97 Å². The minimum absolute atomic E-state index is 0.00463. The lowest BCUT2D eigenvalue weighted by Gasteiger charge is -2.14. The van der Waals surface area contributed by atoms with Crippen LogP contribution in [0.2, 0.25) is 0 Å². The number of carboxylic acids is 1. The van der Waals surface area contributed by atoms with Gasteiger partial charge in [-0.1, -0.05) is 5.16 Å². The molecule has 2 rings (SSSR count). The summed E-state index contributed by atoms with van der Waals surface area (Å²) in [5.41, 5.74) is 7.36. The molecule has 1 aliphatic heterocycles. The maximum atomic E-state index is 11.0. The highest BCUT2D eigenvalue weighted by molar-refractivity contribution is 8.03. The predicted octanol–water partition coefficient (Wildman–Crippen LogP) is -0.0843. The van der Waals surface area contributed by atoms with Crippen molar-refractivity contribution in [1.82, 2.24) is 10.6 Å². The number of hydrazine groups is 1. The van der Waals surface area contributed by atoms with E-state index in [1.54, 1.807) is 11.6 Å². The Balaban J connectivity index is 2.48. The Labute approximate surface area is 93.2 Å². The number of aromatic carboxylic acids is 1. The Morgan fingerprint density at radius 1 is 1.62 bits per heavy atom. The summed E-state index contributed by atoms with van der Waals surface area (Å²) in [6.07, 6.45) is 1.56. The number of hydrogen-bond donors (Lipinski definition) is 3. The van der Waals surface area contributed by atoms with Crippen LogP contribution in [-0.4, -0.2) is 22.1 Å². The van der Waals surface area contributed by atoms with Crippen LogP contribution < -0.4 is 15.6 Å². The van der Waals surface area contributed by atoms with E-state index >= 15 is 0 Å². The lowest BCUT2D eigenvalue weighted by atomic mass is 10.3. The van der Waals surface area contributed by atoms with Gasteiger partial charge in [0.25, 0.3) is 11.7 Å². The van der Waals surface area contributed by atoms with Crippen molar-refractivity contribution in [3.05, 3.63) is 23.1 Å². The van der Waals surface area contributed by atoms with Crippen LogP contribution in [0.3, 0.4) is 0 Å². The standard InChI is InChI=1S/C7H6N4O4S/c8-6(12)5-4(11-9-1-2-16-11)3(7(13)14)10-15-5/h1-2,9H,(H2,8,12)(H,13,14). The molecule has 4 N–H and O–H groups in total. The number of carbonyl (C=O) groups excluding carboxylic acids is 1. The summed E-state index contributed by atoms with van der Waals surface area (Å²) in [5, 5.41) is 13.8. The number of nitrogens with two attached hydrogens (primary N) is 1. The van der Waals surface area contributed by atoms with Crippen LogP contribution in [0.4, 0.5) is 5.69 Å². The highest BCUT2D eigenvalue weighted by Gasteiger charge is 2.30. The Hall–Kier alpha value is -2.16. The summed E-state index contributed by atoms with van der Waals surface area (Å²) in [6.45, 7) is 0. The van der Waals surface area contributed by atoms with E-state index in [2.05, 4.69) is 15.1 Å². The second-order valence-corrected chi connectivity index (χ2v) is 3.56. The molecule has 0 bridgehead atoms. The van der Waals surface area contributed by atoms with Crippen molar-refractivity contribution in [2.45, 2.75) is 0 Å². The summed E-state index contributed by atoms with van der Waals surface area (Å²) in [6, 6.07) is 0. The first kappa shape index (κ1) is 10.4. The van der Waals surface area contributed by atoms with Crippen molar-refractivity contribution in [2.24, 2.45) is 5.73 Å². The summed E-state index contributed by atoms with van der Waals surface area (Å²) < 4.78 is 5.92. The molecule has 0 spiro atoms. The van der Waals surface area contributed by atoms with Crippen molar-refractivity contribution in [3.8, 4) is 0 Å². The number of nitrogens with zero attached hydrogens (tertiary/aromatic N) is 2. The molecule has 0 radical (unpaired) electrons. The van der Waals surface area contributed by atoms with E-state index in [0.717, 1.165) is 11.9 Å². The molecule has 84 valence electrons. The molecule has 0 saturated carbocycles. The fourth-order valence-corrected chi connectivity index (χ4v) is 1.75. The molecule has 0 unspecified atom stereocenters. The van der Waals surface area contributed by atoms with Crippen LogP contribution >= 0.6 is 11.9 Å². The van der Waals surface area contributed by atoms with E-state index < -0.39 is 11.9 Å². The quantitative estimate of drug-likeness (QED) is 0.629. The average Bonchev–Trinajstić information content (AvgIpc) is 2.85. The molecule has 0 fully saturated rings. The average molecular weight is 242 g/mol. The number of amides is 1. The first-order valence-corrected chi connectivity index (χ1v) is 4.85. The third-order valence-electron chi connectivity index (χ3n) is 1.72. The van der Waals surface area contributed by atoms with Crippen molar-refractivity contribution in [1.29, 1.82) is 0 Å². The van der Waals surface area contributed by atoms with E-state index in [9.17, 15) is 9.59 Å². The fraction of sp³-hybridized carbons (Fsp3) is 0. The van der Waals surface area contributed by atoms with Crippen molar-refractivity contribution in [2.75, 3.05) is 4.41 Å². The first-order valence-electron chi connectivity index (χ1n) is 4.02. The van der Waals surface area contributed by atoms with Gasteiger partial charge in [-0.25, -0.2) is 9.21 Å². The lowest BCUT2D eigenvalue weighted by Crippen LogP contribution is -2.26. The van der Waals surface area contributed by atoms with E-state index in [0.29, 0.717) is 0 Å². The lowest BCUT2D eigenvalue weighted by molar-refractivity contribution is 0.0685. The molecular weight excluding hydrogens is 236 g/mol. The maximum Gasteiger partial charge on any atom is 0.360 e. The molecule has 1 aromatic heterocycles. The van der Waals surface area contributed by atoms with E-state index in [1.807, 2.05) is 0 Å². The molecule has 0 atom stereocenters. The molecule has 16 heavy (non-hydrogen) atoms. The number of primary amides is 1. The number of hydrogen-bond acceptors (Lipinski definition) is 7. The number of nitrogens with one attached hydrogen (secondary N) is 1. The topological polar surface area (TPSA) is 122 Å². The van der Waals surface area contributed by atoms with Crippen LogP contribution in [0.5, 0.6) is 0 Å². The van der Waals surface area contributed by atoms with Crippen LogP contribution in [0.1, 0.15) is 21.0 Å². The van der Waals surface area contributed by atoms with E-state index in [-0.39, 0.29) is 17.1 Å². The Kier molecular flexibility index (Phi) is 2.44. The summed E-state index contributed by atoms with van der Waals surface area (Å²) >= 11 is 1.13. The number of carbonyl (C=O) groups is 2. The first-order chi connectivity index (χ1) is 7.61. The summed E-state index contributed by atoms with van der Waals surface area (Å²) in [5.74, 6) is -2.49. The molecular formula is C7H6N4O4S. The van der Waals surface area contributed by atoms with Crippen molar-refractivity contribution >= 4 is 29.5 Å². The second kappa shape index (κ2) is 3.77. The van der Waals surface area contributed by atoms with Gasteiger partial charge in [-0.3, -0.25) is 10.2 Å². The molecule has 0 aliphatic carbocycles. The van der Waals surface area contributed by atoms with Crippen LogP contribution in [0, 0.1) is 0 Å². The van der Waals surface area contributed by atoms with Crippen LogP contribution in [-0.2, 0) is 0 Å². The Bertz CT molecular complexity index is 443. The monoisotopic (exact) mass is 242 g/mol. The van der Waals surface area contributed by atoms with Gasteiger partial charge < -0.3 is 15.4 Å². The number of anilines is 1. The molecule has 2 heterocycles. The van der Waals surface area contributed by atoms with Gasteiger partial charge in [-0.15, -0.1) is 0 Å². The van der Waals surface area contributed by atoms with E-state index in [4.69, 9.17) is 10.8 Å². The molecule has 1 amide bonds. The summed E-state index contributed by atoms with van der Waals surface area (Å²) in [7, 11) is 0. The van der Waals surface area contributed by atoms with Gasteiger partial charge in [-0.05, 0) is 0 Å². The molecule has 9 heteroatoms. The molecule has 8 nitrogen and oxygen atoms in total. The number of aromatic nitrogens is 1. The minimum atomic E-state index is -1.31. The Morgan fingerprint density at radius 3 is 2.88 bits per heavy atom. The van der Waals surface area contributed by atoms with Gasteiger partial charge in [0.05, 0.1) is 0 Å². The number of carboxylic acid groups (broad SMARTS) is 1. The molecule has 0 saturated heterocycles. The van der Waals surface area contributed by atoms with Gasteiger partial charge in [0.15, 0.2) is 5.69 Å². The smallest absolute Gasteiger partial charge is 0.360 e. The van der Waals surface area contributed by atoms with Gasteiger partial charge in [0.1, 0.15) is 0 Å². The largest absolute Gasteiger partial charge is 0.476 e. The van der Waals surface area contributed by atoms with Gasteiger partial charge in [-0.2, -0.15) is 0 Å². The normalized spacial score (nSPS) is 13.9. The fourth-order valence-electron chi connectivity index (χ4n) is 1.11. The van der Waals surface area contributed by atoms with Gasteiger partial charge in [0.2, 0.25) is 5.69 Å². The molecule has 1 aromatic rings. The number of rotatable bonds is 3. The maximum absolute atomic E-state index is 11.0. The van der Waals surface area contributed by atoms with Crippen LogP contribution in [0.25, 0.3) is 0 Å². The molecule has 1 aliphatic rings. The zero-order valence-corrected chi connectivity index (χ0v) is 8.52. The minimum Gasteiger partial charge on any atom is -0.476 e. The van der Waals surface area contributed by atoms with Gasteiger partial charge in [0, 0.05) is 23.6 Å². The van der Waals surface area contributed by atoms with Crippen molar-refractivity contribution in [3.63, 3.8) is 0 Å². The SMILES string of the molecule is NC(=O)c1onc(C(=O)O)c1N1NC=CS1. The third-order valence-corrected chi connectivity index (χ3v) is 2.48.